The van der Waals surface area contributed by atoms with Crippen LogP contribution in [-0.4, -0.2) is 54.6 Å². The van der Waals surface area contributed by atoms with Crippen LogP contribution in [0, 0.1) is 6.92 Å². The van der Waals surface area contributed by atoms with E-state index in [1.165, 1.54) is 4.31 Å². The predicted octanol–water partition coefficient (Wildman–Crippen LogP) is 2.25. The highest BCUT2D eigenvalue weighted by molar-refractivity contribution is 7.89. The molecule has 0 radical (unpaired) electrons. The normalized spacial score (nSPS) is 15.7. The number of amides is 1. The van der Waals surface area contributed by atoms with E-state index in [0.29, 0.717) is 49.6 Å². The molecule has 2 heterocycles. The number of ether oxygens (including phenoxy) is 1. The first-order valence-corrected chi connectivity index (χ1v) is 11.7. The number of aromatic nitrogens is 2. The van der Waals surface area contributed by atoms with Crippen LogP contribution >= 0.6 is 0 Å². The maximum atomic E-state index is 12.6. The lowest BCUT2D eigenvalue weighted by Crippen LogP contribution is -2.39. The van der Waals surface area contributed by atoms with Crippen molar-refractivity contribution in [2.24, 2.45) is 0 Å². The number of para-hydroxylation sites is 1. The first kappa shape index (κ1) is 22.2. The second-order valence-corrected chi connectivity index (χ2v) is 9.55. The number of benzene rings is 1. The van der Waals surface area contributed by atoms with Gasteiger partial charge in [0.25, 0.3) is 5.91 Å². The Morgan fingerprint density at radius 2 is 1.97 bits per heavy atom. The summed E-state index contributed by atoms with van der Waals surface area (Å²) >= 11 is 0. The SMILES string of the molecule is CCS(=O)(=O)N1CCC(c2ncc(C(=O)NCc3ccccc3OC)c(C)n2)CC1. The molecule has 8 nitrogen and oxygen atoms in total. The molecule has 3 rings (SSSR count). The fourth-order valence-electron chi connectivity index (χ4n) is 3.60. The number of nitrogens with one attached hydrogen (secondary N) is 1. The van der Waals surface area contributed by atoms with Crippen LogP contribution in [0.5, 0.6) is 5.75 Å². The zero-order chi connectivity index (χ0) is 21.7. The summed E-state index contributed by atoms with van der Waals surface area (Å²) in [6.07, 6.45) is 2.92. The quantitative estimate of drug-likeness (QED) is 0.720. The van der Waals surface area contributed by atoms with Crippen molar-refractivity contribution in [3.63, 3.8) is 0 Å². The molecule has 1 aliphatic rings. The van der Waals surface area contributed by atoms with Gasteiger partial charge in [0.2, 0.25) is 10.0 Å². The zero-order valence-corrected chi connectivity index (χ0v) is 18.4. The van der Waals surface area contributed by atoms with Crippen molar-refractivity contribution in [2.45, 2.75) is 39.2 Å². The Bertz CT molecular complexity index is 1000. The van der Waals surface area contributed by atoms with E-state index in [2.05, 4.69) is 15.3 Å². The Morgan fingerprint density at radius 3 is 2.60 bits per heavy atom. The van der Waals surface area contributed by atoms with Crippen molar-refractivity contribution >= 4 is 15.9 Å². The summed E-state index contributed by atoms with van der Waals surface area (Å²) in [5.74, 6) is 1.36. The summed E-state index contributed by atoms with van der Waals surface area (Å²) in [6, 6.07) is 7.52. The summed E-state index contributed by atoms with van der Waals surface area (Å²) in [4.78, 5) is 21.6. The Morgan fingerprint density at radius 1 is 1.27 bits per heavy atom. The summed E-state index contributed by atoms with van der Waals surface area (Å²) in [6.45, 7) is 4.74. The summed E-state index contributed by atoms with van der Waals surface area (Å²) in [5.41, 5.74) is 1.93. The fourth-order valence-corrected chi connectivity index (χ4v) is 4.73. The van der Waals surface area contributed by atoms with Crippen molar-refractivity contribution in [2.75, 3.05) is 26.0 Å². The molecular formula is C21H28N4O4S. The molecule has 0 spiro atoms. The highest BCUT2D eigenvalue weighted by atomic mass is 32.2. The molecule has 0 unspecified atom stereocenters. The summed E-state index contributed by atoms with van der Waals surface area (Å²) in [7, 11) is -1.56. The van der Waals surface area contributed by atoms with Crippen LogP contribution in [0.2, 0.25) is 0 Å². The molecule has 0 aliphatic carbocycles. The largest absolute Gasteiger partial charge is 0.496 e. The topological polar surface area (TPSA) is 101 Å². The molecule has 162 valence electrons. The van der Waals surface area contributed by atoms with Gasteiger partial charge in [-0.15, -0.1) is 0 Å². The Labute approximate surface area is 177 Å². The first-order chi connectivity index (χ1) is 14.4. The molecule has 9 heteroatoms. The van der Waals surface area contributed by atoms with Gasteiger partial charge in [-0.3, -0.25) is 4.79 Å². The van der Waals surface area contributed by atoms with Gasteiger partial charge in [-0.1, -0.05) is 18.2 Å². The van der Waals surface area contributed by atoms with Gasteiger partial charge in [0, 0.05) is 37.3 Å². The van der Waals surface area contributed by atoms with Crippen molar-refractivity contribution in [1.82, 2.24) is 19.6 Å². The van der Waals surface area contributed by atoms with Crippen molar-refractivity contribution < 1.29 is 17.9 Å². The zero-order valence-electron chi connectivity index (χ0n) is 17.6. The summed E-state index contributed by atoms with van der Waals surface area (Å²) in [5, 5.41) is 2.89. The Hall–Kier alpha value is -2.52. The number of hydrogen-bond acceptors (Lipinski definition) is 6. The standard InChI is InChI=1S/C21H28N4O4S/c1-4-30(27,28)25-11-9-16(10-12-25)20-22-14-18(15(2)24-20)21(26)23-13-17-7-5-6-8-19(17)29-3/h5-8,14,16H,4,9-13H2,1-3H3,(H,23,26). The lowest BCUT2D eigenvalue weighted by Gasteiger charge is -2.30. The number of methoxy groups -OCH3 is 1. The molecule has 1 fully saturated rings. The maximum absolute atomic E-state index is 12.6. The molecular weight excluding hydrogens is 404 g/mol. The molecule has 1 N–H and O–H groups in total. The molecule has 0 atom stereocenters. The minimum Gasteiger partial charge on any atom is -0.496 e. The van der Waals surface area contributed by atoms with E-state index < -0.39 is 10.0 Å². The molecule has 1 aliphatic heterocycles. The lowest BCUT2D eigenvalue weighted by molar-refractivity contribution is 0.0949. The fraction of sp³-hybridized carbons (Fsp3) is 0.476. The van der Waals surface area contributed by atoms with Crippen molar-refractivity contribution in [3.8, 4) is 5.75 Å². The second kappa shape index (κ2) is 9.53. The molecule has 1 aromatic carbocycles. The van der Waals surface area contributed by atoms with Gasteiger partial charge >= 0.3 is 0 Å². The third-order valence-corrected chi connectivity index (χ3v) is 7.33. The molecule has 1 saturated heterocycles. The van der Waals surface area contributed by atoms with Crippen LogP contribution in [0.15, 0.2) is 30.5 Å². The van der Waals surface area contributed by atoms with Gasteiger partial charge < -0.3 is 10.1 Å². The number of sulfonamides is 1. The number of nitrogens with zero attached hydrogens (tertiary/aromatic N) is 3. The van der Waals surface area contributed by atoms with E-state index in [9.17, 15) is 13.2 Å². The third-order valence-electron chi connectivity index (χ3n) is 5.45. The van der Waals surface area contributed by atoms with Gasteiger partial charge in [-0.2, -0.15) is 0 Å². The minimum atomic E-state index is -3.16. The van der Waals surface area contributed by atoms with Crippen molar-refractivity contribution in [1.29, 1.82) is 0 Å². The molecule has 1 amide bonds. The molecule has 2 aromatic rings. The van der Waals surface area contributed by atoms with Gasteiger partial charge in [-0.05, 0) is 32.8 Å². The molecule has 0 saturated carbocycles. The number of hydrogen-bond donors (Lipinski definition) is 1. The van der Waals surface area contributed by atoms with Gasteiger partial charge in [0.05, 0.1) is 24.1 Å². The van der Waals surface area contributed by atoms with E-state index in [0.717, 1.165) is 11.3 Å². The predicted molar refractivity (Wildman–Crippen MR) is 114 cm³/mol. The highest BCUT2D eigenvalue weighted by Crippen LogP contribution is 2.27. The van der Waals surface area contributed by atoms with Crippen molar-refractivity contribution in [3.05, 3.63) is 53.1 Å². The van der Waals surface area contributed by atoms with E-state index >= 15 is 0 Å². The van der Waals surface area contributed by atoms with E-state index in [4.69, 9.17) is 4.74 Å². The smallest absolute Gasteiger partial charge is 0.254 e. The number of rotatable bonds is 7. The second-order valence-electron chi connectivity index (χ2n) is 7.30. The average molecular weight is 433 g/mol. The number of carbonyl (C=O) groups is 1. The monoisotopic (exact) mass is 432 g/mol. The van der Waals surface area contributed by atoms with Gasteiger partial charge in [-0.25, -0.2) is 22.7 Å². The van der Waals surface area contributed by atoms with E-state index in [-0.39, 0.29) is 17.6 Å². The van der Waals surface area contributed by atoms with Crippen LogP contribution in [0.3, 0.4) is 0 Å². The molecule has 30 heavy (non-hydrogen) atoms. The maximum Gasteiger partial charge on any atom is 0.254 e. The highest BCUT2D eigenvalue weighted by Gasteiger charge is 2.29. The Kier molecular flexibility index (Phi) is 7.04. The number of piperidine rings is 1. The van der Waals surface area contributed by atoms with Crippen LogP contribution in [0.4, 0.5) is 0 Å². The van der Waals surface area contributed by atoms with Crippen LogP contribution in [-0.2, 0) is 16.6 Å². The first-order valence-electron chi connectivity index (χ1n) is 10.1. The lowest BCUT2D eigenvalue weighted by atomic mass is 9.97. The third kappa shape index (κ3) is 4.96. The van der Waals surface area contributed by atoms with E-state index in [1.807, 2.05) is 24.3 Å². The van der Waals surface area contributed by atoms with Crippen LogP contribution < -0.4 is 10.1 Å². The van der Waals surface area contributed by atoms with Crippen LogP contribution in [0.25, 0.3) is 0 Å². The van der Waals surface area contributed by atoms with E-state index in [1.54, 1.807) is 27.2 Å². The van der Waals surface area contributed by atoms with Gasteiger partial charge in [0.1, 0.15) is 11.6 Å². The van der Waals surface area contributed by atoms with Crippen LogP contribution in [0.1, 0.15) is 53.1 Å². The summed E-state index contributed by atoms with van der Waals surface area (Å²) < 4.78 is 30.9. The molecule has 0 bridgehead atoms. The number of carbonyl (C=O) groups excluding carboxylic acids is 1. The Balaban J connectivity index is 1.63. The van der Waals surface area contributed by atoms with Gasteiger partial charge in [0.15, 0.2) is 0 Å². The minimum absolute atomic E-state index is 0.0951. The average Bonchev–Trinajstić information content (AvgIpc) is 2.77. The number of aryl methyl sites for hydroxylation is 1. The molecule has 1 aromatic heterocycles.